The van der Waals surface area contributed by atoms with Gasteiger partial charge in [-0.25, -0.2) is 0 Å². The summed E-state index contributed by atoms with van der Waals surface area (Å²) >= 11 is 0. The summed E-state index contributed by atoms with van der Waals surface area (Å²) in [4.78, 5) is 0. The topological polar surface area (TPSA) is 40.5 Å². The van der Waals surface area contributed by atoms with E-state index in [1.807, 2.05) is 0 Å². The summed E-state index contributed by atoms with van der Waals surface area (Å²) in [6.07, 6.45) is 21.8. The van der Waals surface area contributed by atoms with E-state index in [2.05, 4.69) is 19.1 Å². The normalized spacial score (nSPS) is 11.3. The fourth-order valence-corrected chi connectivity index (χ4v) is 2.40. The smallest absolute Gasteiger partial charge is 0.427 e. The van der Waals surface area contributed by atoms with Crippen LogP contribution < -0.4 is 0 Å². The van der Waals surface area contributed by atoms with E-state index >= 15 is 0 Å². The van der Waals surface area contributed by atoms with Crippen LogP contribution in [0, 0.1) is 0 Å². The molecule has 0 fully saturated rings. The summed E-state index contributed by atoms with van der Waals surface area (Å²) in [5.74, 6) is 0. The Morgan fingerprint density at radius 2 is 1.10 bits per heavy atom. The molecule has 0 aliphatic rings. The van der Waals surface area contributed by atoms with Crippen LogP contribution >= 0.6 is 0 Å². The molecule has 2 N–H and O–H groups in total. The molecule has 3 heteroatoms. The minimum Gasteiger partial charge on any atom is -0.427 e. The van der Waals surface area contributed by atoms with Crippen molar-refractivity contribution in [3.05, 3.63) is 12.2 Å². The summed E-state index contributed by atoms with van der Waals surface area (Å²) in [7, 11) is -1.11. The van der Waals surface area contributed by atoms with Crippen molar-refractivity contribution in [1.29, 1.82) is 0 Å². The van der Waals surface area contributed by atoms with E-state index in [1.54, 1.807) is 0 Å². The van der Waals surface area contributed by atoms with E-state index in [-0.39, 0.29) is 0 Å². The van der Waals surface area contributed by atoms with Crippen molar-refractivity contribution in [2.45, 2.75) is 96.7 Å². The zero-order valence-electron chi connectivity index (χ0n) is 13.5. The maximum atomic E-state index is 8.70. The van der Waals surface area contributed by atoms with Gasteiger partial charge in [-0.1, -0.05) is 76.9 Å². The number of rotatable bonds is 15. The van der Waals surface area contributed by atoms with Crippen LogP contribution in [0.3, 0.4) is 0 Å². The summed E-state index contributed by atoms with van der Waals surface area (Å²) in [5.41, 5.74) is 0. The quantitative estimate of drug-likeness (QED) is 0.249. The molecule has 20 heavy (non-hydrogen) atoms. The Bertz CT molecular complexity index is 205. The molecular weight excluding hydrogens is 247 g/mol. The molecule has 0 aromatic heterocycles. The first-order valence-corrected chi connectivity index (χ1v) is 8.78. The lowest BCUT2D eigenvalue weighted by atomic mass is 9.83. The molecule has 0 aromatic rings. The molecule has 118 valence electrons. The first-order chi connectivity index (χ1) is 9.77. The molecule has 2 nitrogen and oxygen atoms in total. The molecule has 0 amide bonds. The number of hydrogen-bond acceptors (Lipinski definition) is 2. The minimum atomic E-state index is -1.11. The van der Waals surface area contributed by atoms with Crippen LogP contribution in [0.2, 0.25) is 6.32 Å². The standard InChI is InChI=1S/C17H35BO2/c1-2-3-4-5-6-7-8-9-10-11-12-13-14-15-16-17-18(19)20/h9-10,19-20H,2-8,11-17H2,1H3/b10-9-. The van der Waals surface area contributed by atoms with Crippen molar-refractivity contribution in [2.75, 3.05) is 0 Å². The molecule has 0 radical (unpaired) electrons. The fraction of sp³-hybridized carbons (Fsp3) is 0.882. The van der Waals surface area contributed by atoms with E-state index in [0.29, 0.717) is 6.32 Å². The predicted octanol–water partition coefficient (Wildman–Crippen LogP) is 5.11. The second kappa shape index (κ2) is 16.8. The first kappa shape index (κ1) is 19.7. The van der Waals surface area contributed by atoms with E-state index in [1.165, 1.54) is 70.6 Å². The van der Waals surface area contributed by atoms with E-state index in [9.17, 15) is 0 Å². The van der Waals surface area contributed by atoms with Gasteiger partial charge in [-0.15, -0.1) is 0 Å². The molecule has 0 aliphatic heterocycles. The lowest BCUT2D eigenvalue weighted by molar-refractivity contribution is 0.401. The second-order valence-electron chi connectivity index (χ2n) is 5.85. The van der Waals surface area contributed by atoms with Crippen LogP contribution in [0.4, 0.5) is 0 Å². The van der Waals surface area contributed by atoms with Crippen LogP contribution in [0.1, 0.15) is 90.4 Å². The van der Waals surface area contributed by atoms with Gasteiger partial charge in [0.1, 0.15) is 0 Å². The summed E-state index contributed by atoms with van der Waals surface area (Å²) in [6, 6.07) is 0. The third-order valence-corrected chi connectivity index (χ3v) is 3.72. The van der Waals surface area contributed by atoms with Gasteiger partial charge in [0.25, 0.3) is 0 Å². The van der Waals surface area contributed by atoms with Gasteiger partial charge < -0.3 is 10.0 Å². The molecule has 0 atom stereocenters. The van der Waals surface area contributed by atoms with Crippen LogP contribution in [0.25, 0.3) is 0 Å². The lowest BCUT2D eigenvalue weighted by Crippen LogP contribution is -2.09. The Balaban J connectivity index is 3.05. The van der Waals surface area contributed by atoms with Gasteiger partial charge in [-0.3, -0.25) is 0 Å². The second-order valence-corrected chi connectivity index (χ2v) is 5.85. The van der Waals surface area contributed by atoms with Gasteiger partial charge in [0.15, 0.2) is 0 Å². The predicted molar refractivity (Wildman–Crippen MR) is 89.8 cm³/mol. The zero-order valence-corrected chi connectivity index (χ0v) is 13.5. The van der Waals surface area contributed by atoms with Crippen LogP contribution in [0.15, 0.2) is 12.2 Å². The highest BCUT2D eigenvalue weighted by Crippen LogP contribution is 2.10. The monoisotopic (exact) mass is 282 g/mol. The van der Waals surface area contributed by atoms with Gasteiger partial charge in [0.2, 0.25) is 0 Å². The third kappa shape index (κ3) is 17.7. The maximum Gasteiger partial charge on any atom is 0.451 e. The maximum absolute atomic E-state index is 8.70. The molecule has 0 rings (SSSR count). The fourth-order valence-electron chi connectivity index (χ4n) is 2.40. The number of hydrogen-bond donors (Lipinski definition) is 2. The van der Waals surface area contributed by atoms with E-state index < -0.39 is 7.12 Å². The van der Waals surface area contributed by atoms with Crippen molar-refractivity contribution in [1.82, 2.24) is 0 Å². The highest BCUT2D eigenvalue weighted by molar-refractivity contribution is 6.40. The molecular formula is C17H35BO2. The average molecular weight is 282 g/mol. The van der Waals surface area contributed by atoms with Gasteiger partial charge in [-0.2, -0.15) is 0 Å². The molecule has 0 spiro atoms. The Morgan fingerprint density at radius 1 is 0.650 bits per heavy atom. The molecule has 0 aromatic carbocycles. The average Bonchev–Trinajstić information content (AvgIpc) is 2.43. The van der Waals surface area contributed by atoms with Crippen LogP contribution in [-0.2, 0) is 0 Å². The third-order valence-electron chi connectivity index (χ3n) is 3.72. The molecule has 0 aliphatic carbocycles. The largest absolute Gasteiger partial charge is 0.451 e. The van der Waals surface area contributed by atoms with Crippen molar-refractivity contribution in [3.63, 3.8) is 0 Å². The van der Waals surface area contributed by atoms with Crippen molar-refractivity contribution < 1.29 is 10.0 Å². The van der Waals surface area contributed by atoms with E-state index in [0.717, 1.165) is 12.8 Å². The van der Waals surface area contributed by atoms with Crippen molar-refractivity contribution in [3.8, 4) is 0 Å². The van der Waals surface area contributed by atoms with Gasteiger partial charge >= 0.3 is 7.12 Å². The Labute approximate surface area is 126 Å². The SMILES string of the molecule is CCCCCCCC/C=C\CCCCCCCB(O)O. The van der Waals surface area contributed by atoms with Crippen LogP contribution in [-0.4, -0.2) is 17.2 Å². The summed E-state index contributed by atoms with van der Waals surface area (Å²) in [6.45, 7) is 2.26. The van der Waals surface area contributed by atoms with Gasteiger partial charge in [0, 0.05) is 0 Å². The molecule has 0 bridgehead atoms. The van der Waals surface area contributed by atoms with Gasteiger partial charge in [-0.05, 0) is 32.0 Å². The highest BCUT2D eigenvalue weighted by atomic mass is 16.4. The van der Waals surface area contributed by atoms with Crippen molar-refractivity contribution in [2.24, 2.45) is 0 Å². The lowest BCUT2D eigenvalue weighted by Gasteiger charge is -2.00. The Morgan fingerprint density at radius 3 is 1.60 bits per heavy atom. The molecule has 0 heterocycles. The number of unbranched alkanes of at least 4 members (excludes halogenated alkanes) is 11. The summed E-state index contributed by atoms with van der Waals surface area (Å²) in [5, 5.41) is 17.4. The van der Waals surface area contributed by atoms with E-state index in [4.69, 9.17) is 10.0 Å². The summed E-state index contributed by atoms with van der Waals surface area (Å²) < 4.78 is 0. The van der Waals surface area contributed by atoms with Crippen molar-refractivity contribution >= 4 is 7.12 Å². The number of allylic oxidation sites excluding steroid dienone is 2. The zero-order chi connectivity index (χ0) is 14.9. The Kier molecular flexibility index (Phi) is 16.5. The first-order valence-electron chi connectivity index (χ1n) is 8.78. The highest BCUT2D eigenvalue weighted by Gasteiger charge is 2.04. The minimum absolute atomic E-state index is 0.526. The molecule has 0 saturated carbocycles. The Hall–Kier alpha value is -0.275. The molecule has 0 unspecified atom stereocenters. The van der Waals surface area contributed by atoms with Crippen LogP contribution in [0.5, 0.6) is 0 Å². The molecule has 0 saturated heterocycles. The van der Waals surface area contributed by atoms with Gasteiger partial charge in [0.05, 0.1) is 0 Å².